The van der Waals surface area contributed by atoms with E-state index in [4.69, 9.17) is 15.0 Å². The summed E-state index contributed by atoms with van der Waals surface area (Å²) < 4.78 is 1.07. The molecule has 0 fully saturated rings. The summed E-state index contributed by atoms with van der Waals surface area (Å²) in [5.74, 6) is -0.833. The molecule has 0 saturated heterocycles. The van der Waals surface area contributed by atoms with Gasteiger partial charge in [-0.2, -0.15) is 0 Å². The topological polar surface area (TPSA) is 57.5 Å². The molecule has 0 spiro atoms. The standard InChI is InChI=1S/C2H4O2.C2H5O.Hg/c1-2(3)4;1-2-3;/h1H3,(H,3,4);3H,1-2H2;. The fourth-order valence-electron chi connectivity index (χ4n) is 0. The number of aliphatic hydroxyl groups is 1. The van der Waals surface area contributed by atoms with Crippen molar-refractivity contribution in [3.63, 3.8) is 0 Å². The van der Waals surface area contributed by atoms with Gasteiger partial charge in [0.1, 0.15) is 0 Å². The Labute approximate surface area is 64.7 Å². The van der Waals surface area contributed by atoms with Gasteiger partial charge in [-0.25, -0.2) is 0 Å². The molecule has 0 saturated carbocycles. The Bertz CT molecular complexity index is 49.2. The van der Waals surface area contributed by atoms with Gasteiger partial charge in [-0.3, -0.25) is 4.79 Å². The van der Waals surface area contributed by atoms with Gasteiger partial charge in [0.15, 0.2) is 0 Å². The zero-order valence-corrected chi connectivity index (χ0v) is 10.4. The number of carbonyl (C=O) groups is 1. The van der Waals surface area contributed by atoms with Crippen molar-refractivity contribution >= 4 is 5.97 Å². The van der Waals surface area contributed by atoms with Crippen molar-refractivity contribution in [1.82, 2.24) is 0 Å². The molecule has 0 unspecified atom stereocenters. The second-order valence-corrected chi connectivity index (χ2v) is 3.85. The van der Waals surface area contributed by atoms with Crippen LogP contribution in [0.25, 0.3) is 0 Å². The third kappa shape index (κ3) is 98.3. The first-order valence-electron chi connectivity index (χ1n) is 2.24. The molecule has 8 heavy (non-hydrogen) atoms. The molecule has 0 aliphatic carbocycles. The number of aliphatic hydroxyl groups excluding tert-OH is 1. The fraction of sp³-hybridized carbons (Fsp3) is 0.750. The van der Waals surface area contributed by atoms with Crippen molar-refractivity contribution in [3.8, 4) is 0 Å². The third-order valence-electron chi connectivity index (χ3n) is 0.158. The van der Waals surface area contributed by atoms with Gasteiger partial charge in [0.25, 0.3) is 5.97 Å². The van der Waals surface area contributed by atoms with Crippen molar-refractivity contribution in [2.75, 3.05) is 6.61 Å². The summed E-state index contributed by atoms with van der Waals surface area (Å²) in [6, 6.07) is 0. The molecular formula is C4H9HgO3. The van der Waals surface area contributed by atoms with E-state index in [0.717, 1.165) is 37.0 Å². The first-order valence-corrected chi connectivity index (χ1v) is 6.13. The average Bonchev–Trinajstić information content (AvgIpc) is 1.65. The Morgan fingerprint density at radius 2 is 1.88 bits per heavy atom. The monoisotopic (exact) mass is 307 g/mol. The zero-order chi connectivity index (χ0) is 6.99. The molecule has 0 bridgehead atoms. The Balaban J connectivity index is 0. The predicted molar refractivity (Wildman–Crippen MR) is 25.2 cm³/mol. The maximum absolute atomic E-state index is 9.00. The molecule has 0 heterocycles. The summed E-state index contributed by atoms with van der Waals surface area (Å²) >= 11 is 0.823. The van der Waals surface area contributed by atoms with Crippen LogP contribution in [0.15, 0.2) is 0 Å². The van der Waals surface area contributed by atoms with Crippen molar-refractivity contribution in [2.45, 2.75) is 10.9 Å². The number of hydrogen-bond acceptors (Lipinski definition) is 2. The Morgan fingerprint density at radius 1 is 1.75 bits per heavy atom. The molecule has 0 radical (unpaired) electrons. The van der Waals surface area contributed by atoms with Crippen molar-refractivity contribution in [3.05, 3.63) is 0 Å². The van der Waals surface area contributed by atoms with Crippen LogP contribution in [-0.4, -0.2) is 22.8 Å². The summed E-state index contributed by atoms with van der Waals surface area (Å²) in [6.07, 6.45) is 0. The molecule has 0 amide bonds. The van der Waals surface area contributed by atoms with Crippen LogP contribution in [-0.2, 0) is 30.9 Å². The normalized spacial score (nSPS) is 7.00. The van der Waals surface area contributed by atoms with Gasteiger partial charge in [-0.1, -0.05) is 0 Å². The third-order valence-corrected chi connectivity index (χ3v) is 1.39. The zero-order valence-electron chi connectivity index (χ0n) is 4.92. The van der Waals surface area contributed by atoms with Crippen LogP contribution in [0, 0.1) is 0 Å². The van der Waals surface area contributed by atoms with Crippen LogP contribution in [0.5, 0.6) is 0 Å². The van der Waals surface area contributed by atoms with E-state index in [-0.39, 0.29) is 0 Å². The summed E-state index contributed by atoms with van der Waals surface area (Å²) in [6.45, 7) is 1.49. The molecule has 45 valence electrons. The average molecular weight is 306 g/mol. The van der Waals surface area contributed by atoms with Crippen molar-refractivity contribution in [2.24, 2.45) is 0 Å². The molecule has 0 aliphatic heterocycles. The molecule has 0 rings (SSSR count). The van der Waals surface area contributed by atoms with Gasteiger partial charge in [0, 0.05) is 6.92 Å². The van der Waals surface area contributed by atoms with E-state index in [9.17, 15) is 0 Å². The summed E-state index contributed by atoms with van der Waals surface area (Å²) in [7, 11) is 0. The summed E-state index contributed by atoms with van der Waals surface area (Å²) in [5, 5.41) is 15.3. The molecule has 2 N–H and O–H groups in total. The first-order chi connectivity index (χ1) is 3.65. The molecule has 0 aromatic carbocycles. The van der Waals surface area contributed by atoms with E-state index in [1.165, 1.54) is 0 Å². The second kappa shape index (κ2) is 10.4. The van der Waals surface area contributed by atoms with Gasteiger partial charge < -0.3 is 5.11 Å². The van der Waals surface area contributed by atoms with Gasteiger partial charge >= 0.3 is 41.8 Å². The first kappa shape index (κ1) is 11.2. The number of carboxylic acid groups (broad SMARTS) is 1. The molecule has 0 aromatic rings. The molecule has 4 heteroatoms. The Hall–Kier alpha value is 0.365. The maximum atomic E-state index is 9.00. The number of aliphatic carboxylic acids is 1. The number of carboxylic acids is 1. The van der Waals surface area contributed by atoms with Gasteiger partial charge in [0.2, 0.25) is 0 Å². The minimum absolute atomic E-state index is 0.406. The van der Waals surface area contributed by atoms with Gasteiger partial charge in [-0.15, -0.1) is 0 Å². The predicted octanol–water partition coefficient (Wildman–Crippen LogP) is 0.0347. The van der Waals surface area contributed by atoms with E-state index in [2.05, 4.69) is 0 Å². The fourth-order valence-corrected chi connectivity index (χ4v) is 0. The van der Waals surface area contributed by atoms with Crippen LogP contribution in [0.2, 0.25) is 3.93 Å². The van der Waals surface area contributed by atoms with E-state index in [0.29, 0.717) is 6.61 Å². The van der Waals surface area contributed by atoms with Gasteiger partial charge in [0.05, 0.1) is 0 Å². The van der Waals surface area contributed by atoms with Crippen LogP contribution in [0.1, 0.15) is 6.92 Å². The van der Waals surface area contributed by atoms with Crippen LogP contribution >= 0.6 is 0 Å². The Kier molecular flexibility index (Phi) is 14.5. The number of hydrogen-bond donors (Lipinski definition) is 2. The van der Waals surface area contributed by atoms with Gasteiger partial charge in [-0.05, 0) is 0 Å². The molecule has 0 atom stereocenters. The molecule has 0 aliphatic rings. The van der Waals surface area contributed by atoms with E-state index in [1.54, 1.807) is 0 Å². The molecule has 3 nitrogen and oxygen atoms in total. The second-order valence-electron chi connectivity index (χ2n) is 1.10. The van der Waals surface area contributed by atoms with E-state index >= 15 is 0 Å². The van der Waals surface area contributed by atoms with E-state index in [1.807, 2.05) is 0 Å². The van der Waals surface area contributed by atoms with Crippen molar-refractivity contribution < 1.29 is 41.1 Å². The minimum atomic E-state index is -0.833. The SMILES string of the molecule is CC(=O)O.OC[CH2][Hg]. The van der Waals surface area contributed by atoms with Crippen LogP contribution in [0.4, 0.5) is 0 Å². The quantitative estimate of drug-likeness (QED) is 0.672. The van der Waals surface area contributed by atoms with Crippen LogP contribution in [0.3, 0.4) is 0 Å². The molecule has 0 aromatic heterocycles. The van der Waals surface area contributed by atoms with Crippen LogP contribution < -0.4 is 0 Å². The Morgan fingerprint density at radius 3 is 1.88 bits per heavy atom. The van der Waals surface area contributed by atoms with E-state index < -0.39 is 5.97 Å². The number of rotatable bonds is 1. The van der Waals surface area contributed by atoms with Crippen molar-refractivity contribution in [1.29, 1.82) is 0 Å². The molecular weight excluding hydrogens is 297 g/mol. The summed E-state index contributed by atoms with van der Waals surface area (Å²) in [5.41, 5.74) is 0. The summed E-state index contributed by atoms with van der Waals surface area (Å²) in [4.78, 5) is 9.00.